The number of aliphatic hydroxyl groups is 1. The maximum Gasteiger partial charge on any atom is 0.472 e. The zero-order valence-electron chi connectivity index (χ0n) is 30.0. The molecule has 0 rings (SSSR count). The second-order valence-electron chi connectivity index (χ2n) is 12.6. The number of allylic oxidation sites excluding steroid dienone is 4. The number of phosphoric acid groups is 1. The molecule has 2 unspecified atom stereocenters. The first-order valence-corrected chi connectivity index (χ1v) is 20.3. The first-order valence-electron chi connectivity index (χ1n) is 18.8. The molecule has 0 fully saturated rings. The topological polar surface area (TPSA) is 131 Å². The van der Waals surface area contributed by atoms with Crippen LogP contribution in [0.25, 0.3) is 0 Å². The van der Waals surface area contributed by atoms with Crippen LogP contribution in [0.4, 0.5) is 0 Å². The van der Waals surface area contributed by atoms with Crippen LogP contribution in [0.2, 0.25) is 0 Å². The Morgan fingerprint density at radius 1 is 0.660 bits per heavy atom. The minimum Gasteiger partial charge on any atom is -0.463 e. The van der Waals surface area contributed by atoms with Crippen molar-refractivity contribution >= 4 is 19.7 Å². The minimum absolute atomic E-state index is 0.0827. The predicted octanol–water partition coefficient (Wildman–Crippen LogP) is 9.65. The smallest absolute Gasteiger partial charge is 0.463 e. The molecule has 9 nitrogen and oxygen atoms in total. The van der Waals surface area contributed by atoms with E-state index in [1.54, 1.807) is 0 Å². The molecule has 0 saturated carbocycles. The standard InChI is InChI=1S/C37H70NO8P/c1-3-5-7-9-11-12-13-14-15-16-17-18-19-20-21-22-24-26-28-30-37(41)44-33-35(39)34-46-47(42,43)45-32-31-38-36(40)29-27-25-23-10-8-6-4-2/h11-12,14-15,35,39H,3-10,13,16-34H2,1-2H3,(H,38,40)(H,42,43)/b12-11-,15-14-. The summed E-state index contributed by atoms with van der Waals surface area (Å²) in [5.74, 6) is -0.526. The second-order valence-corrected chi connectivity index (χ2v) is 14.0. The van der Waals surface area contributed by atoms with Crippen molar-refractivity contribution in [3.05, 3.63) is 24.3 Å². The molecule has 3 N–H and O–H groups in total. The average molecular weight is 688 g/mol. The lowest BCUT2D eigenvalue weighted by Gasteiger charge is -2.15. The number of hydrogen-bond acceptors (Lipinski definition) is 7. The summed E-state index contributed by atoms with van der Waals surface area (Å²) >= 11 is 0. The van der Waals surface area contributed by atoms with Gasteiger partial charge in [-0.25, -0.2) is 4.57 Å². The van der Waals surface area contributed by atoms with E-state index in [2.05, 4.69) is 43.5 Å². The molecular weight excluding hydrogens is 617 g/mol. The Labute approximate surface area is 287 Å². The van der Waals surface area contributed by atoms with Gasteiger partial charge in [0, 0.05) is 19.4 Å². The van der Waals surface area contributed by atoms with Gasteiger partial charge in [-0.15, -0.1) is 0 Å². The molecule has 0 bridgehead atoms. The third-order valence-corrected chi connectivity index (χ3v) is 8.87. The highest BCUT2D eigenvalue weighted by atomic mass is 31.2. The normalized spacial score (nSPS) is 13.7. The zero-order valence-corrected chi connectivity index (χ0v) is 30.9. The molecule has 0 aliphatic carbocycles. The van der Waals surface area contributed by atoms with Gasteiger partial charge < -0.3 is 20.1 Å². The van der Waals surface area contributed by atoms with Crippen molar-refractivity contribution in [1.29, 1.82) is 0 Å². The van der Waals surface area contributed by atoms with Crippen molar-refractivity contribution in [3.63, 3.8) is 0 Å². The summed E-state index contributed by atoms with van der Waals surface area (Å²) in [5.41, 5.74) is 0. The molecule has 2 atom stereocenters. The number of rotatable bonds is 35. The molecule has 0 aromatic heterocycles. The van der Waals surface area contributed by atoms with Crippen LogP contribution in [0.5, 0.6) is 0 Å². The first-order chi connectivity index (χ1) is 22.8. The van der Waals surface area contributed by atoms with Crippen LogP contribution in [0.1, 0.15) is 168 Å². The average Bonchev–Trinajstić information content (AvgIpc) is 3.05. The highest BCUT2D eigenvalue weighted by Crippen LogP contribution is 2.42. The fraction of sp³-hybridized carbons (Fsp3) is 0.838. The van der Waals surface area contributed by atoms with Crippen LogP contribution in [0, 0.1) is 0 Å². The Bertz CT molecular complexity index is 835. The van der Waals surface area contributed by atoms with E-state index < -0.39 is 26.5 Å². The molecule has 0 spiro atoms. The fourth-order valence-corrected chi connectivity index (χ4v) is 5.75. The van der Waals surface area contributed by atoms with Crippen molar-refractivity contribution in [2.75, 3.05) is 26.4 Å². The van der Waals surface area contributed by atoms with Crippen LogP contribution in [0.3, 0.4) is 0 Å². The Balaban J connectivity index is 3.60. The summed E-state index contributed by atoms with van der Waals surface area (Å²) in [4.78, 5) is 33.6. The molecule has 10 heteroatoms. The maximum atomic E-state index is 12.0. The number of nitrogens with one attached hydrogen (secondary N) is 1. The molecule has 47 heavy (non-hydrogen) atoms. The SMILES string of the molecule is CCCCC/C=C\C/C=C\CCCCCCCCCCCC(=O)OCC(O)COP(=O)(O)OCCNC(=O)CCCCCCCCC. The number of phosphoric ester groups is 1. The lowest BCUT2D eigenvalue weighted by atomic mass is 10.1. The first kappa shape index (κ1) is 45.5. The van der Waals surface area contributed by atoms with Crippen LogP contribution < -0.4 is 5.32 Å². The van der Waals surface area contributed by atoms with Crippen molar-refractivity contribution < 1.29 is 37.9 Å². The minimum atomic E-state index is -4.40. The predicted molar refractivity (Wildman–Crippen MR) is 192 cm³/mol. The van der Waals surface area contributed by atoms with E-state index in [0.717, 1.165) is 44.9 Å². The summed E-state index contributed by atoms with van der Waals surface area (Å²) in [6, 6.07) is 0. The van der Waals surface area contributed by atoms with Gasteiger partial charge in [0.15, 0.2) is 0 Å². The number of aliphatic hydroxyl groups excluding tert-OH is 1. The van der Waals surface area contributed by atoms with Gasteiger partial charge in [0.1, 0.15) is 12.7 Å². The summed E-state index contributed by atoms with van der Waals surface area (Å²) in [7, 11) is -4.40. The van der Waals surface area contributed by atoms with Gasteiger partial charge in [-0.2, -0.15) is 0 Å². The van der Waals surface area contributed by atoms with Crippen LogP contribution >= 0.6 is 7.82 Å². The molecule has 0 aliphatic heterocycles. The summed E-state index contributed by atoms with van der Waals surface area (Å²) in [6.07, 6.45) is 34.1. The van der Waals surface area contributed by atoms with E-state index in [0.29, 0.717) is 6.42 Å². The molecule has 0 saturated heterocycles. The van der Waals surface area contributed by atoms with Crippen molar-refractivity contribution in [2.24, 2.45) is 0 Å². The van der Waals surface area contributed by atoms with Gasteiger partial charge in [-0.3, -0.25) is 18.6 Å². The molecule has 0 aromatic rings. The van der Waals surface area contributed by atoms with E-state index >= 15 is 0 Å². The molecular formula is C37H70NO8P. The van der Waals surface area contributed by atoms with Gasteiger partial charge in [0.05, 0.1) is 13.2 Å². The van der Waals surface area contributed by atoms with Gasteiger partial charge >= 0.3 is 13.8 Å². The molecule has 0 aliphatic rings. The Hall–Kier alpha value is -1.51. The van der Waals surface area contributed by atoms with Gasteiger partial charge in [0.2, 0.25) is 5.91 Å². The van der Waals surface area contributed by atoms with Crippen molar-refractivity contribution in [3.8, 4) is 0 Å². The Kier molecular flexibility index (Phi) is 33.3. The van der Waals surface area contributed by atoms with E-state index in [1.807, 2.05) is 0 Å². The number of esters is 1. The summed E-state index contributed by atoms with van der Waals surface area (Å²) in [6.45, 7) is 3.47. The van der Waals surface area contributed by atoms with Crippen LogP contribution in [0.15, 0.2) is 24.3 Å². The maximum absolute atomic E-state index is 12.0. The molecule has 1 amide bonds. The van der Waals surface area contributed by atoms with E-state index in [1.165, 1.54) is 96.3 Å². The molecule has 276 valence electrons. The van der Waals surface area contributed by atoms with E-state index in [9.17, 15) is 24.2 Å². The lowest BCUT2D eigenvalue weighted by Crippen LogP contribution is -2.27. The van der Waals surface area contributed by atoms with Crippen molar-refractivity contribution in [2.45, 2.75) is 174 Å². The summed E-state index contributed by atoms with van der Waals surface area (Å²) < 4.78 is 26.7. The number of amides is 1. The highest BCUT2D eigenvalue weighted by molar-refractivity contribution is 7.47. The van der Waals surface area contributed by atoms with Crippen LogP contribution in [-0.4, -0.2) is 54.3 Å². The van der Waals surface area contributed by atoms with Crippen LogP contribution in [-0.2, 0) is 27.9 Å². The second kappa shape index (κ2) is 34.4. The monoisotopic (exact) mass is 687 g/mol. The number of unbranched alkanes of at least 4 members (excludes halogenated alkanes) is 18. The van der Waals surface area contributed by atoms with E-state index in [-0.39, 0.29) is 32.1 Å². The largest absolute Gasteiger partial charge is 0.472 e. The van der Waals surface area contributed by atoms with E-state index in [4.69, 9.17) is 13.8 Å². The number of carbonyl (C=O) groups is 2. The zero-order chi connectivity index (χ0) is 34.7. The quantitative estimate of drug-likeness (QED) is 0.0260. The molecule has 0 aromatic carbocycles. The molecule has 0 heterocycles. The van der Waals surface area contributed by atoms with Gasteiger partial charge in [-0.05, 0) is 44.9 Å². The number of ether oxygens (including phenoxy) is 1. The molecule has 0 radical (unpaired) electrons. The summed E-state index contributed by atoms with van der Waals surface area (Å²) in [5, 5.41) is 12.6. The third kappa shape index (κ3) is 35.6. The third-order valence-electron chi connectivity index (χ3n) is 7.88. The Morgan fingerprint density at radius 2 is 1.15 bits per heavy atom. The fourth-order valence-electron chi connectivity index (χ4n) is 5.00. The van der Waals surface area contributed by atoms with Gasteiger partial charge in [-0.1, -0.05) is 134 Å². The number of carbonyl (C=O) groups excluding carboxylic acids is 2. The lowest BCUT2D eigenvalue weighted by molar-refractivity contribution is -0.147. The number of hydrogen-bond donors (Lipinski definition) is 3. The Morgan fingerprint density at radius 3 is 1.74 bits per heavy atom. The van der Waals surface area contributed by atoms with Crippen molar-refractivity contribution in [1.82, 2.24) is 5.32 Å². The highest BCUT2D eigenvalue weighted by Gasteiger charge is 2.23. The van der Waals surface area contributed by atoms with Gasteiger partial charge in [0.25, 0.3) is 0 Å².